The minimum atomic E-state index is -3.56. The van der Waals surface area contributed by atoms with Crippen molar-refractivity contribution in [1.29, 1.82) is 0 Å². The summed E-state index contributed by atoms with van der Waals surface area (Å²) < 4.78 is 29.9. The van der Waals surface area contributed by atoms with Crippen molar-refractivity contribution in [3.05, 3.63) is 23.8 Å². The van der Waals surface area contributed by atoms with E-state index in [0.29, 0.717) is 11.3 Å². The number of benzene rings is 1. The molecule has 1 rings (SSSR count). The van der Waals surface area contributed by atoms with Crippen LogP contribution in [0.3, 0.4) is 0 Å². The highest BCUT2D eigenvalue weighted by molar-refractivity contribution is 7.92. The molecule has 0 unspecified atom stereocenters. The smallest absolute Gasteiger partial charge is 0.410 e. The van der Waals surface area contributed by atoms with Crippen LogP contribution in [0.15, 0.2) is 23.1 Å². The number of anilines is 1. The van der Waals surface area contributed by atoms with Gasteiger partial charge in [-0.1, -0.05) is 0 Å². The first-order valence-corrected chi connectivity index (χ1v) is 9.20. The average molecular weight is 356 g/mol. The van der Waals surface area contributed by atoms with Gasteiger partial charge in [-0.2, -0.15) is 0 Å². The maximum atomic E-state index is 12.8. The number of amides is 1. The van der Waals surface area contributed by atoms with Crippen molar-refractivity contribution in [2.24, 2.45) is 0 Å². The second kappa shape index (κ2) is 6.63. The standard InChI is InChI=1S/C17H28N2O4S/c1-16(2,3)23-15(20)19(7)11-12-10-13(18)8-9-14(12)24(21,22)17(4,5)6/h8-10H,11,18H2,1-7H3. The van der Waals surface area contributed by atoms with Gasteiger partial charge in [-0.05, 0) is 65.3 Å². The first-order valence-electron chi connectivity index (χ1n) is 7.72. The van der Waals surface area contributed by atoms with Crippen molar-refractivity contribution in [2.75, 3.05) is 12.8 Å². The van der Waals surface area contributed by atoms with Gasteiger partial charge in [0, 0.05) is 12.7 Å². The maximum absolute atomic E-state index is 12.8. The zero-order valence-corrected chi connectivity index (χ0v) is 16.3. The fraction of sp³-hybridized carbons (Fsp3) is 0.588. The van der Waals surface area contributed by atoms with Gasteiger partial charge < -0.3 is 15.4 Å². The van der Waals surface area contributed by atoms with Crippen LogP contribution in [0, 0.1) is 0 Å². The predicted octanol–water partition coefficient (Wildman–Crippen LogP) is 3.21. The van der Waals surface area contributed by atoms with Gasteiger partial charge in [0.2, 0.25) is 0 Å². The second-order valence-corrected chi connectivity index (χ2v) is 10.5. The molecule has 0 saturated carbocycles. The van der Waals surface area contributed by atoms with Crippen LogP contribution in [0.1, 0.15) is 47.1 Å². The van der Waals surface area contributed by atoms with Crippen LogP contribution in [0.4, 0.5) is 10.5 Å². The van der Waals surface area contributed by atoms with Crippen LogP contribution >= 0.6 is 0 Å². The molecule has 0 bridgehead atoms. The van der Waals surface area contributed by atoms with Gasteiger partial charge in [0.1, 0.15) is 5.60 Å². The van der Waals surface area contributed by atoms with E-state index in [1.807, 2.05) is 0 Å². The number of sulfone groups is 1. The third-order valence-electron chi connectivity index (χ3n) is 3.29. The molecule has 0 fully saturated rings. The molecule has 0 atom stereocenters. The summed E-state index contributed by atoms with van der Waals surface area (Å²) in [7, 11) is -2.00. The topological polar surface area (TPSA) is 89.7 Å². The first kappa shape index (κ1) is 20.3. The lowest BCUT2D eigenvalue weighted by Gasteiger charge is -2.26. The molecular formula is C17H28N2O4S. The SMILES string of the molecule is CN(Cc1cc(N)ccc1S(=O)(=O)C(C)(C)C)C(=O)OC(C)(C)C. The lowest BCUT2D eigenvalue weighted by Crippen LogP contribution is -2.35. The van der Waals surface area contributed by atoms with Crippen molar-refractivity contribution >= 4 is 21.6 Å². The molecule has 0 saturated heterocycles. The summed E-state index contributed by atoms with van der Waals surface area (Å²) in [6.45, 7) is 10.3. The van der Waals surface area contributed by atoms with E-state index < -0.39 is 26.3 Å². The molecule has 0 aliphatic rings. The molecule has 24 heavy (non-hydrogen) atoms. The Hall–Kier alpha value is -1.76. The summed E-state index contributed by atoms with van der Waals surface area (Å²) in [5, 5.41) is 0. The molecule has 2 N–H and O–H groups in total. The van der Waals surface area contributed by atoms with Crippen molar-refractivity contribution in [3.8, 4) is 0 Å². The molecule has 7 heteroatoms. The Morgan fingerprint density at radius 2 is 1.71 bits per heavy atom. The summed E-state index contributed by atoms with van der Waals surface area (Å²) in [6, 6.07) is 4.63. The minimum absolute atomic E-state index is 0.0879. The van der Waals surface area contributed by atoms with Crippen LogP contribution in [0.25, 0.3) is 0 Å². The molecule has 1 amide bonds. The molecule has 0 spiro atoms. The summed E-state index contributed by atoms with van der Waals surface area (Å²) in [4.78, 5) is 13.6. The monoisotopic (exact) mass is 356 g/mol. The number of hydrogen-bond acceptors (Lipinski definition) is 5. The van der Waals surface area contributed by atoms with Gasteiger partial charge in [0.05, 0.1) is 16.2 Å². The normalized spacial score (nSPS) is 12.8. The zero-order chi connectivity index (χ0) is 18.9. The van der Waals surface area contributed by atoms with E-state index in [1.165, 1.54) is 11.0 Å². The van der Waals surface area contributed by atoms with E-state index in [-0.39, 0.29) is 11.4 Å². The van der Waals surface area contributed by atoms with Crippen LogP contribution in [-0.4, -0.2) is 36.8 Å². The van der Waals surface area contributed by atoms with E-state index >= 15 is 0 Å². The van der Waals surface area contributed by atoms with E-state index in [4.69, 9.17) is 10.5 Å². The molecule has 136 valence electrons. The molecule has 1 aromatic carbocycles. The quantitative estimate of drug-likeness (QED) is 0.840. The molecule has 1 aromatic rings. The van der Waals surface area contributed by atoms with Crippen molar-refractivity contribution in [3.63, 3.8) is 0 Å². The van der Waals surface area contributed by atoms with Gasteiger partial charge in [0.25, 0.3) is 0 Å². The average Bonchev–Trinajstić information content (AvgIpc) is 2.34. The Bertz CT molecular complexity index is 713. The summed E-state index contributed by atoms with van der Waals surface area (Å²) in [5.74, 6) is 0. The van der Waals surface area contributed by atoms with Crippen LogP contribution in [0.5, 0.6) is 0 Å². The number of carbonyl (C=O) groups is 1. The van der Waals surface area contributed by atoms with Gasteiger partial charge in [-0.3, -0.25) is 0 Å². The molecule has 0 aliphatic heterocycles. The van der Waals surface area contributed by atoms with Crippen LogP contribution in [-0.2, 0) is 21.1 Å². The van der Waals surface area contributed by atoms with E-state index in [2.05, 4.69) is 0 Å². The fourth-order valence-electron chi connectivity index (χ4n) is 1.97. The summed E-state index contributed by atoms with van der Waals surface area (Å²) in [5.41, 5.74) is 6.09. The number of hydrogen-bond donors (Lipinski definition) is 1. The number of ether oxygens (including phenoxy) is 1. The molecule has 0 radical (unpaired) electrons. The zero-order valence-electron chi connectivity index (χ0n) is 15.5. The molecular weight excluding hydrogens is 328 g/mol. The predicted molar refractivity (Wildman–Crippen MR) is 95.5 cm³/mol. The van der Waals surface area contributed by atoms with Crippen molar-refractivity contribution in [1.82, 2.24) is 4.90 Å². The van der Waals surface area contributed by atoms with E-state index in [1.54, 1.807) is 60.7 Å². The third-order valence-corrected chi connectivity index (χ3v) is 5.88. The molecule has 6 nitrogen and oxygen atoms in total. The minimum Gasteiger partial charge on any atom is -0.444 e. The van der Waals surface area contributed by atoms with Crippen molar-refractivity contribution in [2.45, 2.75) is 63.3 Å². The lowest BCUT2D eigenvalue weighted by atomic mass is 10.2. The Kier molecular flexibility index (Phi) is 5.60. The van der Waals surface area contributed by atoms with Gasteiger partial charge in [0.15, 0.2) is 9.84 Å². The Morgan fingerprint density at radius 3 is 2.17 bits per heavy atom. The highest BCUT2D eigenvalue weighted by Gasteiger charge is 2.33. The fourth-order valence-corrected chi connectivity index (χ4v) is 3.35. The van der Waals surface area contributed by atoms with Gasteiger partial charge >= 0.3 is 6.09 Å². The van der Waals surface area contributed by atoms with Crippen LogP contribution in [0.2, 0.25) is 0 Å². The highest BCUT2D eigenvalue weighted by atomic mass is 32.2. The molecule has 0 aromatic heterocycles. The summed E-state index contributed by atoms with van der Waals surface area (Å²) in [6.07, 6.45) is -0.524. The Morgan fingerprint density at radius 1 is 1.17 bits per heavy atom. The maximum Gasteiger partial charge on any atom is 0.410 e. The van der Waals surface area contributed by atoms with Gasteiger partial charge in [-0.15, -0.1) is 0 Å². The second-order valence-electron chi connectivity index (χ2n) is 7.82. The molecule has 0 aliphatic carbocycles. The van der Waals surface area contributed by atoms with E-state index in [0.717, 1.165) is 0 Å². The Balaban J connectivity index is 3.22. The number of rotatable bonds is 3. The van der Waals surface area contributed by atoms with E-state index in [9.17, 15) is 13.2 Å². The highest BCUT2D eigenvalue weighted by Crippen LogP contribution is 2.29. The van der Waals surface area contributed by atoms with Crippen LogP contribution < -0.4 is 5.73 Å². The number of nitrogen functional groups attached to an aromatic ring is 1. The number of carbonyl (C=O) groups excluding carboxylic acids is 1. The van der Waals surface area contributed by atoms with Crippen molar-refractivity contribution < 1.29 is 17.9 Å². The number of nitrogens with zero attached hydrogens (tertiary/aromatic N) is 1. The first-order chi connectivity index (χ1) is 10.6. The summed E-state index contributed by atoms with van der Waals surface area (Å²) >= 11 is 0. The Labute approximate surface area is 144 Å². The number of nitrogens with two attached hydrogens (primary N) is 1. The molecule has 0 heterocycles. The van der Waals surface area contributed by atoms with Gasteiger partial charge in [-0.25, -0.2) is 13.2 Å². The lowest BCUT2D eigenvalue weighted by molar-refractivity contribution is 0.0284. The third kappa shape index (κ3) is 4.87. The largest absolute Gasteiger partial charge is 0.444 e.